The van der Waals surface area contributed by atoms with Gasteiger partial charge in [-0.1, -0.05) is 6.58 Å². The van der Waals surface area contributed by atoms with Gasteiger partial charge in [0, 0.05) is 44.6 Å². The smallest absolute Gasteiger partial charge is 0.333 e. The van der Waals surface area contributed by atoms with Crippen molar-refractivity contribution in [2.24, 2.45) is 0 Å². The van der Waals surface area contributed by atoms with Gasteiger partial charge in [0.25, 0.3) is 11.8 Å². The van der Waals surface area contributed by atoms with Crippen LogP contribution in [0.1, 0.15) is 72.6 Å². The fourth-order valence-electron chi connectivity index (χ4n) is 2.68. The third-order valence-corrected chi connectivity index (χ3v) is 4.67. The van der Waals surface area contributed by atoms with Crippen LogP contribution in [0.4, 0.5) is 0 Å². The molecule has 0 aromatic heterocycles. The Morgan fingerprint density at radius 1 is 0.938 bits per heavy atom. The fourth-order valence-corrected chi connectivity index (χ4v) is 2.68. The molecule has 32 heavy (non-hydrogen) atoms. The number of hydroxylamine groups is 2. The zero-order valence-corrected chi connectivity index (χ0v) is 19.3. The second kappa shape index (κ2) is 12.3. The molecule has 0 unspecified atom stereocenters. The van der Waals surface area contributed by atoms with Gasteiger partial charge < -0.3 is 19.0 Å². The third kappa shape index (κ3) is 10.5. The Kier molecular flexibility index (Phi) is 10.5. The molecule has 0 atom stereocenters. The summed E-state index contributed by atoms with van der Waals surface area (Å²) in [5.74, 6) is -2.81. The Hall–Kier alpha value is -2.75. The van der Waals surface area contributed by atoms with Crippen LogP contribution in [0.3, 0.4) is 0 Å². The van der Waals surface area contributed by atoms with E-state index in [2.05, 4.69) is 6.58 Å². The average molecular weight is 456 g/mol. The van der Waals surface area contributed by atoms with Crippen molar-refractivity contribution in [2.45, 2.75) is 83.8 Å². The molecule has 1 saturated heterocycles. The van der Waals surface area contributed by atoms with E-state index >= 15 is 0 Å². The van der Waals surface area contributed by atoms with E-state index in [0.717, 1.165) is 6.08 Å². The monoisotopic (exact) mass is 455 g/mol. The second-order valence-corrected chi connectivity index (χ2v) is 8.61. The third-order valence-electron chi connectivity index (χ3n) is 4.67. The lowest BCUT2D eigenvalue weighted by Crippen LogP contribution is -2.33. The summed E-state index contributed by atoms with van der Waals surface area (Å²) in [5.41, 5.74) is -1.25. The van der Waals surface area contributed by atoms with Crippen LogP contribution in [0.25, 0.3) is 0 Å². The van der Waals surface area contributed by atoms with Gasteiger partial charge in [-0.3, -0.25) is 14.4 Å². The van der Waals surface area contributed by atoms with E-state index in [1.54, 1.807) is 13.8 Å². The largest absolute Gasteiger partial charge is 0.466 e. The van der Waals surface area contributed by atoms with Gasteiger partial charge >= 0.3 is 17.9 Å². The summed E-state index contributed by atoms with van der Waals surface area (Å²) in [6.07, 6.45) is 2.16. The van der Waals surface area contributed by atoms with Gasteiger partial charge in [0.1, 0.15) is 5.60 Å². The van der Waals surface area contributed by atoms with Gasteiger partial charge in [-0.2, -0.15) is 0 Å². The van der Waals surface area contributed by atoms with Crippen LogP contribution < -0.4 is 0 Å². The van der Waals surface area contributed by atoms with Gasteiger partial charge in [-0.25, -0.2) is 9.59 Å². The first-order valence-electron chi connectivity index (χ1n) is 10.6. The maximum Gasteiger partial charge on any atom is 0.333 e. The van der Waals surface area contributed by atoms with Crippen molar-refractivity contribution in [1.29, 1.82) is 0 Å². The molecule has 1 aliphatic heterocycles. The molecule has 1 fully saturated rings. The van der Waals surface area contributed by atoms with Crippen LogP contribution in [-0.4, -0.2) is 59.2 Å². The number of hydrogen-bond donors (Lipinski definition) is 0. The molecule has 1 rings (SSSR count). The number of hydrogen-bond acceptors (Lipinski definition) is 9. The SMILES string of the molecule is C=CC(=O)OC(C)(C)CCOC(C)(C)CCOC(=O)CCCC(=O)ON1C(=O)CCC1=O. The predicted molar refractivity (Wildman–Crippen MR) is 112 cm³/mol. The maximum atomic E-state index is 11.8. The van der Waals surface area contributed by atoms with E-state index in [1.165, 1.54) is 0 Å². The zero-order valence-electron chi connectivity index (χ0n) is 19.3. The van der Waals surface area contributed by atoms with Crippen molar-refractivity contribution in [3.05, 3.63) is 12.7 Å². The Morgan fingerprint density at radius 3 is 2.09 bits per heavy atom. The van der Waals surface area contributed by atoms with Gasteiger partial charge in [-0.15, -0.1) is 5.06 Å². The minimum absolute atomic E-state index is 0.00113. The first-order chi connectivity index (χ1) is 14.8. The number of ether oxygens (including phenoxy) is 3. The molecule has 0 saturated carbocycles. The minimum atomic E-state index is -0.752. The molecular weight excluding hydrogens is 422 g/mol. The first-order valence-corrected chi connectivity index (χ1v) is 10.6. The standard InChI is InChI=1S/C22H33NO9/c1-6-18(26)31-22(4,5)13-15-30-21(2,3)12-14-29-19(27)8-7-9-20(28)32-23-16(24)10-11-17(23)25/h6H,1,7-15H2,2-5H3. The van der Waals surface area contributed by atoms with E-state index in [-0.39, 0.29) is 38.7 Å². The highest BCUT2D eigenvalue weighted by Gasteiger charge is 2.32. The van der Waals surface area contributed by atoms with Gasteiger partial charge in [-0.05, 0) is 34.1 Å². The number of esters is 2. The van der Waals surface area contributed by atoms with Gasteiger partial charge in [0.2, 0.25) is 0 Å². The van der Waals surface area contributed by atoms with Crippen LogP contribution in [0.15, 0.2) is 12.7 Å². The molecule has 0 bridgehead atoms. The van der Waals surface area contributed by atoms with Crippen LogP contribution in [0.5, 0.6) is 0 Å². The summed E-state index contributed by atoms with van der Waals surface area (Å²) in [4.78, 5) is 62.4. The molecule has 10 heteroatoms. The number of amides is 2. The highest BCUT2D eigenvalue weighted by Crippen LogP contribution is 2.20. The highest BCUT2D eigenvalue weighted by molar-refractivity contribution is 6.01. The number of imide groups is 1. The lowest BCUT2D eigenvalue weighted by atomic mass is 10.0. The van der Waals surface area contributed by atoms with Crippen molar-refractivity contribution in [1.82, 2.24) is 5.06 Å². The molecule has 0 aliphatic carbocycles. The predicted octanol–water partition coefficient (Wildman–Crippen LogP) is 2.39. The number of rotatable bonds is 14. The van der Waals surface area contributed by atoms with Crippen LogP contribution in [0, 0.1) is 0 Å². The van der Waals surface area contributed by atoms with Crippen molar-refractivity contribution < 1.29 is 43.0 Å². The van der Waals surface area contributed by atoms with Crippen molar-refractivity contribution in [3.63, 3.8) is 0 Å². The minimum Gasteiger partial charge on any atom is -0.466 e. The number of nitrogens with zero attached hydrogens (tertiary/aromatic N) is 1. The highest BCUT2D eigenvalue weighted by atomic mass is 16.7. The molecule has 10 nitrogen and oxygen atoms in total. The van der Waals surface area contributed by atoms with Crippen LogP contribution in [0.2, 0.25) is 0 Å². The van der Waals surface area contributed by atoms with Crippen molar-refractivity contribution >= 4 is 29.7 Å². The zero-order chi connectivity index (χ0) is 24.4. The van der Waals surface area contributed by atoms with Gasteiger partial charge in [0.15, 0.2) is 0 Å². The quantitative estimate of drug-likeness (QED) is 0.220. The molecule has 0 aromatic rings. The van der Waals surface area contributed by atoms with E-state index < -0.39 is 40.9 Å². The Balaban J connectivity index is 2.19. The van der Waals surface area contributed by atoms with Crippen LogP contribution in [-0.2, 0) is 43.0 Å². The maximum absolute atomic E-state index is 11.8. The Bertz CT molecular complexity index is 711. The molecule has 0 N–H and O–H groups in total. The van der Waals surface area contributed by atoms with E-state index in [0.29, 0.717) is 24.5 Å². The summed E-state index contributed by atoms with van der Waals surface area (Å²) < 4.78 is 16.2. The Morgan fingerprint density at radius 2 is 1.50 bits per heavy atom. The van der Waals surface area contributed by atoms with Crippen LogP contribution >= 0.6 is 0 Å². The number of carbonyl (C=O) groups excluding carboxylic acids is 5. The van der Waals surface area contributed by atoms with Crippen molar-refractivity contribution in [2.75, 3.05) is 13.2 Å². The lowest BCUT2D eigenvalue weighted by molar-refractivity contribution is -0.197. The molecule has 2 amide bonds. The molecule has 0 spiro atoms. The Labute approximate surface area is 188 Å². The normalized spacial score (nSPS) is 14.3. The van der Waals surface area contributed by atoms with Crippen molar-refractivity contribution in [3.8, 4) is 0 Å². The summed E-state index contributed by atoms with van der Waals surface area (Å²) in [5, 5.41) is 0.479. The molecular formula is C22H33NO9. The summed E-state index contributed by atoms with van der Waals surface area (Å²) >= 11 is 0. The topological polar surface area (TPSA) is 126 Å². The summed E-state index contributed by atoms with van der Waals surface area (Å²) in [6.45, 7) is 11.1. The van der Waals surface area contributed by atoms with E-state index in [4.69, 9.17) is 19.0 Å². The lowest BCUT2D eigenvalue weighted by Gasteiger charge is -2.29. The molecule has 0 aromatic carbocycles. The summed E-state index contributed by atoms with van der Waals surface area (Å²) in [6, 6.07) is 0. The van der Waals surface area contributed by atoms with E-state index in [9.17, 15) is 24.0 Å². The fraction of sp³-hybridized carbons (Fsp3) is 0.682. The molecule has 1 heterocycles. The second-order valence-electron chi connectivity index (χ2n) is 8.61. The van der Waals surface area contributed by atoms with E-state index in [1.807, 2.05) is 13.8 Å². The summed E-state index contributed by atoms with van der Waals surface area (Å²) in [7, 11) is 0. The average Bonchev–Trinajstić information content (AvgIpc) is 2.99. The number of carbonyl (C=O) groups is 5. The van der Waals surface area contributed by atoms with Gasteiger partial charge in [0.05, 0.1) is 18.8 Å². The molecule has 1 aliphatic rings. The molecule has 0 radical (unpaired) electrons. The molecule has 180 valence electrons. The first kappa shape index (κ1) is 27.3.